The summed E-state index contributed by atoms with van der Waals surface area (Å²) in [6.45, 7) is 1.34. The topological polar surface area (TPSA) is 55.8 Å². The Morgan fingerprint density at radius 1 is 1.22 bits per heavy atom. The van der Waals surface area contributed by atoms with Gasteiger partial charge < -0.3 is 14.4 Å². The van der Waals surface area contributed by atoms with Crippen LogP contribution in [-0.2, 0) is 19.1 Å². The van der Waals surface area contributed by atoms with Gasteiger partial charge in [0.1, 0.15) is 0 Å². The molecule has 0 bridgehead atoms. The number of carbonyl (C=O) groups is 2. The SMILES string of the molecule is COC(=O)C1CN(C(=O)C2CCCCC2)CCO1. The maximum atomic E-state index is 12.3. The highest BCUT2D eigenvalue weighted by Gasteiger charge is 2.33. The Morgan fingerprint density at radius 2 is 1.94 bits per heavy atom. The number of morpholine rings is 1. The van der Waals surface area contributed by atoms with Crippen LogP contribution in [0.4, 0.5) is 0 Å². The minimum Gasteiger partial charge on any atom is -0.467 e. The largest absolute Gasteiger partial charge is 0.467 e. The Hall–Kier alpha value is -1.10. The van der Waals surface area contributed by atoms with E-state index in [9.17, 15) is 9.59 Å². The molecule has 0 N–H and O–H groups in total. The minimum absolute atomic E-state index is 0.148. The van der Waals surface area contributed by atoms with Crippen LogP contribution in [0.25, 0.3) is 0 Å². The first kappa shape index (κ1) is 13.3. The van der Waals surface area contributed by atoms with Crippen molar-refractivity contribution in [2.75, 3.05) is 26.8 Å². The van der Waals surface area contributed by atoms with Crippen LogP contribution >= 0.6 is 0 Å². The van der Waals surface area contributed by atoms with E-state index < -0.39 is 12.1 Å². The lowest BCUT2D eigenvalue weighted by molar-refractivity contribution is -0.163. The fourth-order valence-electron chi connectivity index (χ4n) is 2.73. The van der Waals surface area contributed by atoms with Crippen molar-refractivity contribution in [3.05, 3.63) is 0 Å². The molecule has 1 saturated carbocycles. The first-order valence-electron chi connectivity index (χ1n) is 6.70. The van der Waals surface area contributed by atoms with E-state index in [1.807, 2.05) is 0 Å². The zero-order valence-electron chi connectivity index (χ0n) is 10.9. The number of hydrogen-bond acceptors (Lipinski definition) is 4. The molecule has 5 nitrogen and oxygen atoms in total. The lowest BCUT2D eigenvalue weighted by atomic mass is 9.88. The van der Waals surface area contributed by atoms with E-state index in [0.717, 1.165) is 25.7 Å². The van der Waals surface area contributed by atoms with E-state index in [2.05, 4.69) is 4.74 Å². The molecule has 2 rings (SSSR count). The van der Waals surface area contributed by atoms with Gasteiger partial charge in [0.25, 0.3) is 0 Å². The van der Waals surface area contributed by atoms with Crippen molar-refractivity contribution >= 4 is 11.9 Å². The predicted octanol–water partition coefficient (Wildman–Crippen LogP) is 0.967. The summed E-state index contributed by atoms with van der Waals surface area (Å²) in [5.74, 6) is -0.0572. The zero-order chi connectivity index (χ0) is 13.0. The van der Waals surface area contributed by atoms with Crippen molar-refractivity contribution in [2.45, 2.75) is 38.2 Å². The van der Waals surface area contributed by atoms with Gasteiger partial charge in [-0.2, -0.15) is 0 Å². The molecule has 1 heterocycles. The van der Waals surface area contributed by atoms with Gasteiger partial charge in [-0.1, -0.05) is 19.3 Å². The Labute approximate surface area is 107 Å². The first-order valence-corrected chi connectivity index (χ1v) is 6.70. The Bertz CT molecular complexity index is 312. The van der Waals surface area contributed by atoms with Gasteiger partial charge in [0, 0.05) is 12.5 Å². The molecule has 18 heavy (non-hydrogen) atoms. The van der Waals surface area contributed by atoms with Crippen LogP contribution < -0.4 is 0 Å². The summed E-state index contributed by atoms with van der Waals surface area (Å²) in [5.41, 5.74) is 0. The summed E-state index contributed by atoms with van der Waals surface area (Å²) in [5, 5.41) is 0. The maximum Gasteiger partial charge on any atom is 0.336 e. The lowest BCUT2D eigenvalue weighted by Gasteiger charge is -2.34. The number of carbonyl (C=O) groups excluding carboxylic acids is 2. The van der Waals surface area contributed by atoms with Gasteiger partial charge in [0.2, 0.25) is 5.91 Å². The summed E-state index contributed by atoms with van der Waals surface area (Å²) < 4.78 is 9.99. The standard InChI is InChI=1S/C13H21NO4/c1-17-13(16)11-9-14(7-8-18-11)12(15)10-5-3-2-4-6-10/h10-11H,2-9H2,1H3. The van der Waals surface area contributed by atoms with Crippen molar-refractivity contribution in [1.82, 2.24) is 4.90 Å². The van der Waals surface area contributed by atoms with E-state index in [1.54, 1.807) is 4.90 Å². The van der Waals surface area contributed by atoms with Crippen molar-refractivity contribution in [1.29, 1.82) is 0 Å². The molecule has 0 aromatic carbocycles. The number of ether oxygens (including phenoxy) is 2. The van der Waals surface area contributed by atoms with Crippen molar-refractivity contribution < 1.29 is 19.1 Å². The molecule has 0 radical (unpaired) electrons. The highest BCUT2D eigenvalue weighted by atomic mass is 16.6. The van der Waals surface area contributed by atoms with Gasteiger partial charge in [-0.05, 0) is 12.8 Å². The van der Waals surface area contributed by atoms with Gasteiger partial charge in [0.15, 0.2) is 6.10 Å². The Balaban J connectivity index is 1.91. The van der Waals surface area contributed by atoms with E-state index in [1.165, 1.54) is 13.5 Å². The van der Waals surface area contributed by atoms with Crippen LogP contribution in [0.5, 0.6) is 0 Å². The zero-order valence-corrected chi connectivity index (χ0v) is 10.9. The number of rotatable bonds is 2. The van der Waals surface area contributed by atoms with Crippen LogP contribution in [0.1, 0.15) is 32.1 Å². The van der Waals surface area contributed by atoms with Gasteiger partial charge in [-0.3, -0.25) is 4.79 Å². The second-order valence-electron chi connectivity index (χ2n) is 5.00. The summed E-state index contributed by atoms with van der Waals surface area (Å²) in [6.07, 6.45) is 4.87. The monoisotopic (exact) mass is 255 g/mol. The molecule has 0 aromatic heterocycles. The Kier molecular flexibility index (Phi) is 4.58. The van der Waals surface area contributed by atoms with Crippen molar-refractivity contribution in [3.8, 4) is 0 Å². The lowest BCUT2D eigenvalue weighted by Crippen LogP contribution is -2.50. The van der Waals surface area contributed by atoms with Gasteiger partial charge >= 0.3 is 5.97 Å². The maximum absolute atomic E-state index is 12.3. The molecule has 2 aliphatic rings. The van der Waals surface area contributed by atoms with Crippen molar-refractivity contribution in [3.63, 3.8) is 0 Å². The Morgan fingerprint density at radius 3 is 2.61 bits per heavy atom. The van der Waals surface area contributed by atoms with E-state index in [-0.39, 0.29) is 11.8 Å². The predicted molar refractivity (Wildman–Crippen MR) is 64.9 cm³/mol. The van der Waals surface area contributed by atoms with E-state index in [4.69, 9.17) is 4.74 Å². The summed E-state index contributed by atoms with van der Waals surface area (Å²) in [7, 11) is 1.34. The molecule has 1 amide bonds. The highest BCUT2D eigenvalue weighted by molar-refractivity contribution is 5.81. The number of hydrogen-bond donors (Lipinski definition) is 0. The molecule has 0 aromatic rings. The number of methoxy groups -OCH3 is 1. The molecule has 102 valence electrons. The van der Waals surface area contributed by atoms with E-state index in [0.29, 0.717) is 19.7 Å². The molecular weight excluding hydrogens is 234 g/mol. The van der Waals surface area contributed by atoms with Crippen molar-refractivity contribution in [2.24, 2.45) is 5.92 Å². The van der Waals surface area contributed by atoms with Crippen LogP contribution in [0, 0.1) is 5.92 Å². The third kappa shape index (κ3) is 3.02. The number of esters is 1. The van der Waals surface area contributed by atoms with Gasteiger partial charge in [0.05, 0.1) is 20.3 Å². The number of nitrogens with zero attached hydrogens (tertiary/aromatic N) is 1. The molecule has 5 heteroatoms. The summed E-state index contributed by atoms with van der Waals surface area (Å²) in [4.78, 5) is 25.5. The third-order valence-corrected chi connectivity index (χ3v) is 3.80. The average molecular weight is 255 g/mol. The minimum atomic E-state index is -0.615. The van der Waals surface area contributed by atoms with Gasteiger partial charge in [-0.15, -0.1) is 0 Å². The van der Waals surface area contributed by atoms with Crippen LogP contribution in [0.15, 0.2) is 0 Å². The molecule has 1 aliphatic carbocycles. The molecule has 0 spiro atoms. The van der Waals surface area contributed by atoms with E-state index >= 15 is 0 Å². The quantitative estimate of drug-likeness (QED) is 0.690. The fraction of sp³-hybridized carbons (Fsp3) is 0.846. The van der Waals surface area contributed by atoms with Crippen LogP contribution in [0.3, 0.4) is 0 Å². The normalized spacial score (nSPS) is 25.8. The molecular formula is C13H21NO4. The summed E-state index contributed by atoms with van der Waals surface area (Å²) in [6, 6.07) is 0. The second-order valence-corrected chi connectivity index (χ2v) is 5.00. The van der Waals surface area contributed by atoms with Gasteiger partial charge in [-0.25, -0.2) is 4.79 Å². The van der Waals surface area contributed by atoms with Crippen LogP contribution in [0.2, 0.25) is 0 Å². The molecule has 1 saturated heterocycles. The third-order valence-electron chi connectivity index (χ3n) is 3.80. The second kappa shape index (κ2) is 6.18. The smallest absolute Gasteiger partial charge is 0.336 e. The van der Waals surface area contributed by atoms with Crippen LogP contribution in [-0.4, -0.2) is 49.7 Å². The first-order chi connectivity index (χ1) is 8.72. The molecule has 1 aliphatic heterocycles. The number of amides is 1. The molecule has 2 fully saturated rings. The molecule has 1 atom stereocenters. The fourth-order valence-corrected chi connectivity index (χ4v) is 2.73. The molecule has 1 unspecified atom stereocenters. The summed E-state index contributed by atoms with van der Waals surface area (Å²) >= 11 is 0. The highest BCUT2D eigenvalue weighted by Crippen LogP contribution is 2.26. The average Bonchev–Trinajstić information content (AvgIpc) is 2.46.